The molecule has 6 nitrogen and oxygen atoms in total. The lowest BCUT2D eigenvalue weighted by Gasteiger charge is -2.19. The van der Waals surface area contributed by atoms with Crippen molar-refractivity contribution in [3.63, 3.8) is 0 Å². The Morgan fingerprint density at radius 3 is 1.80 bits per heavy atom. The van der Waals surface area contributed by atoms with E-state index in [1.807, 2.05) is 26.1 Å². The average molecular weight is 279 g/mol. The number of aliphatic carboxylic acids is 2. The number of nitrogens with one attached hydrogen (secondary N) is 1. The average Bonchev–Trinajstić information content (AvgIpc) is 2.34. The van der Waals surface area contributed by atoms with Crippen molar-refractivity contribution in [2.75, 3.05) is 0 Å². The molecule has 0 radical (unpaired) electrons. The quantitative estimate of drug-likeness (QED) is 0.720. The zero-order chi connectivity index (χ0) is 15.5. The van der Waals surface area contributed by atoms with Crippen LogP contribution in [0.5, 0.6) is 0 Å². The number of rotatable bonds is 4. The van der Waals surface area contributed by atoms with Gasteiger partial charge in [-0.2, -0.15) is 0 Å². The van der Waals surface area contributed by atoms with Gasteiger partial charge in [0.2, 0.25) is 6.04 Å². The molecule has 0 bridgehead atoms. The Labute approximate surface area is 116 Å². The lowest BCUT2D eigenvalue weighted by Crippen LogP contribution is -2.46. The monoisotopic (exact) mass is 279 g/mol. The van der Waals surface area contributed by atoms with Crippen molar-refractivity contribution < 1.29 is 24.6 Å². The molecule has 1 aromatic rings. The van der Waals surface area contributed by atoms with Crippen LogP contribution in [0.3, 0.4) is 0 Å². The van der Waals surface area contributed by atoms with Crippen molar-refractivity contribution in [2.24, 2.45) is 0 Å². The van der Waals surface area contributed by atoms with Gasteiger partial charge in [0.15, 0.2) is 0 Å². The molecule has 6 heteroatoms. The number of carboxylic acid groups (broad SMARTS) is 2. The van der Waals surface area contributed by atoms with Gasteiger partial charge in [-0.1, -0.05) is 32.9 Å². The zero-order valence-corrected chi connectivity index (χ0v) is 11.5. The minimum Gasteiger partial charge on any atom is -0.479 e. The Balaban J connectivity index is 2.88. The molecule has 1 rings (SSSR count). The normalized spacial score (nSPS) is 11.2. The number of hydrogen-bond donors (Lipinski definition) is 3. The van der Waals surface area contributed by atoms with Gasteiger partial charge in [0.1, 0.15) is 0 Å². The van der Waals surface area contributed by atoms with E-state index in [2.05, 4.69) is 0 Å². The second kappa shape index (κ2) is 5.73. The first kappa shape index (κ1) is 15.7. The van der Waals surface area contributed by atoms with Gasteiger partial charge in [0, 0.05) is 5.56 Å². The van der Waals surface area contributed by atoms with E-state index >= 15 is 0 Å². The summed E-state index contributed by atoms with van der Waals surface area (Å²) in [5.74, 6) is -3.96. The van der Waals surface area contributed by atoms with Crippen molar-refractivity contribution in [3.05, 3.63) is 35.4 Å². The van der Waals surface area contributed by atoms with Gasteiger partial charge in [-0.3, -0.25) is 4.79 Å². The molecule has 0 fully saturated rings. The van der Waals surface area contributed by atoms with Gasteiger partial charge in [-0.15, -0.1) is 0 Å². The topological polar surface area (TPSA) is 104 Å². The van der Waals surface area contributed by atoms with E-state index < -0.39 is 23.9 Å². The first-order valence-electron chi connectivity index (χ1n) is 6.00. The molecule has 0 spiro atoms. The number of carbonyl (C=O) groups excluding carboxylic acids is 1. The van der Waals surface area contributed by atoms with E-state index in [1.165, 1.54) is 12.1 Å². The fourth-order valence-electron chi connectivity index (χ4n) is 1.57. The predicted molar refractivity (Wildman–Crippen MR) is 71.7 cm³/mol. The van der Waals surface area contributed by atoms with E-state index in [0.29, 0.717) is 0 Å². The lowest BCUT2D eigenvalue weighted by atomic mass is 9.86. The Morgan fingerprint density at radius 2 is 1.45 bits per heavy atom. The zero-order valence-electron chi connectivity index (χ0n) is 11.5. The summed E-state index contributed by atoms with van der Waals surface area (Å²) in [7, 11) is 0. The molecule has 0 aromatic heterocycles. The maximum Gasteiger partial charge on any atom is 0.338 e. The van der Waals surface area contributed by atoms with E-state index in [-0.39, 0.29) is 11.0 Å². The van der Waals surface area contributed by atoms with Crippen LogP contribution in [0.2, 0.25) is 0 Å². The molecule has 0 aliphatic carbocycles. The first-order valence-corrected chi connectivity index (χ1v) is 6.00. The highest BCUT2D eigenvalue weighted by Gasteiger charge is 2.28. The summed E-state index contributed by atoms with van der Waals surface area (Å²) in [5.41, 5.74) is 1.16. The molecule has 3 N–H and O–H groups in total. The van der Waals surface area contributed by atoms with E-state index in [0.717, 1.165) is 5.56 Å². The lowest BCUT2D eigenvalue weighted by molar-refractivity contribution is -0.150. The van der Waals surface area contributed by atoms with Crippen molar-refractivity contribution in [1.29, 1.82) is 0 Å². The molecule has 0 saturated heterocycles. The highest BCUT2D eigenvalue weighted by Crippen LogP contribution is 2.22. The van der Waals surface area contributed by atoms with Gasteiger partial charge in [-0.05, 0) is 23.1 Å². The molecule has 0 saturated carbocycles. The van der Waals surface area contributed by atoms with E-state index in [1.54, 1.807) is 12.1 Å². The number of benzene rings is 1. The van der Waals surface area contributed by atoms with Crippen LogP contribution in [0.1, 0.15) is 36.7 Å². The number of hydrogen-bond acceptors (Lipinski definition) is 3. The summed E-state index contributed by atoms with van der Waals surface area (Å²) in [6, 6.07) is 4.63. The van der Waals surface area contributed by atoms with Crippen LogP contribution in [-0.4, -0.2) is 34.1 Å². The Hall–Kier alpha value is -2.37. The molecule has 1 amide bonds. The van der Waals surface area contributed by atoms with Crippen molar-refractivity contribution in [1.82, 2.24) is 5.32 Å². The Morgan fingerprint density at radius 1 is 1.00 bits per heavy atom. The van der Waals surface area contributed by atoms with Gasteiger partial charge < -0.3 is 15.5 Å². The second-order valence-corrected chi connectivity index (χ2v) is 5.41. The molecule has 0 aliphatic rings. The molecular weight excluding hydrogens is 262 g/mol. The first-order chi connectivity index (χ1) is 9.12. The molecule has 0 heterocycles. The third-order valence-electron chi connectivity index (χ3n) is 2.78. The summed E-state index contributed by atoms with van der Waals surface area (Å²) in [4.78, 5) is 33.2. The summed E-state index contributed by atoms with van der Waals surface area (Å²) in [5, 5.41) is 19.3. The fraction of sp³-hybridized carbons (Fsp3) is 0.357. The smallest absolute Gasteiger partial charge is 0.338 e. The van der Waals surface area contributed by atoms with Crippen molar-refractivity contribution in [3.8, 4) is 0 Å². The minimum atomic E-state index is -1.95. The van der Waals surface area contributed by atoms with Crippen LogP contribution < -0.4 is 5.32 Å². The second-order valence-electron chi connectivity index (χ2n) is 5.41. The number of amides is 1. The molecule has 108 valence electrons. The Bertz CT molecular complexity index is 513. The summed E-state index contributed by atoms with van der Waals surface area (Å²) in [6.45, 7) is 6.06. The largest absolute Gasteiger partial charge is 0.479 e. The van der Waals surface area contributed by atoms with Gasteiger partial charge >= 0.3 is 11.9 Å². The minimum absolute atomic E-state index is 0.0698. The molecule has 0 atom stereocenters. The van der Waals surface area contributed by atoms with Crippen LogP contribution in [0.4, 0.5) is 0 Å². The highest BCUT2D eigenvalue weighted by atomic mass is 16.4. The maximum atomic E-state index is 11.8. The maximum absolute atomic E-state index is 11.8. The van der Waals surface area contributed by atoms with Crippen LogP contribution >= 0.6 is 0 Å². The fourth-order valence-corrected chi connectivity index (χ4v) is 1.57. The summed E-state index contributed by atoms with van der Waals surface area (Å²) in [6.07, 6.45) is 0. The van der Waals surface area contributed by atoms with E-state index in [4.69, 9.17) is 10.2 Å². The Kier molecular flexibility index (Phi) is 4.49. The van der Waals surface area contributed by atoms with Crippen molar-refractivity contribution >= 4 is 17.8 Å². The van der Waals surface area contributed by atoms with Gasteiger partial charge in [-0.25, -0.2) is 9.59 Å². The van der Waals surface area contributed by atoms with Crippen LogP contribution in [-0.2, 0) is 15.0 Å². The number of carbonyl (C=O) groups is 3. The SMILES string of the molecule is CC(C)(C)c1ccc(C(=O)NC(C(=O)O)C(=O)O)cc1. The standard InChI is InChI=1S/C14H17NO5/c1-14(2,3)9-6-4-8(5-7-9)11(16)15-10(12(17)18)13(19)20/h4-7,10H,1-3H3,(H,15,16)(H,17,18)(H,19,20). The van der Waals surface area contributed by atoms with Crippen molar-refractivity contribution in [2.45, 2.75) is 32.2 Å². The predicted octanol–water partition coefficient (Wildman–Crippen LogP) is 1.25. The van der Waals surface area contributed by atoms with E-state index in [9.17, 15) is 14.4 Å². The van der Waals surface area contributed by atoms with Gasteiger partial charge in [0.25, 0.3) is 5.91 Å². The molecule has 0 unspecified atom stereocenters. The molecular formula is C14H17NO5. The summed E-state index contributed by atoms with van der Waals surface area (Å²) < 4.78 is 0. The number of carboxylic acids is 2. The summed E-state index contributed by atoms with van der Waals surface area (Å²) >= 11 is 0. The molecule has 20 heavy (non-hydrogen) atoms. The third-order valence-corrected chi connectivity index (χ3v) is 2.78. The third kappa shape index (κ3) is 3.81. The van der Waals surface area contributed by atoms with Gasteiger partial charge in [0.05, 0.1) is 0 Å². The van der Waals surface area contributed by atoms with Crippen LogP contribution in [0.25, 0.3) is 0 Å². The molecule has 0 aliphatic heterocycles. The van der Waals surface area contributed by atoms with Crippen LogP contribution in [0, 0.1) is 0 Å². The highest BCUT2D eigenvalue weighted by molar-refractivity contribution is 6.04. The van der Waals surface area contributed by atoms with Crippen LogP contribution in [0.15, 0.2) is 24.3 Å². The molecule has 1 aromatic carbocycles.